The van der Waals surface area contributed by atoms with E-state index >= 15 is 0 Å². The van der Waals surface area contributed by atoms with E-state index in [1.54, 1.807) is 13.2 Å². The van der Waals surface area contributed by atoms with Gasteiger partial charge in [0.2, 0.25) is 0 Å². The summed E-state index contributed by atoms with van der Waals surface area (Å²) in [5.74, 6) is 0.214. The first kappa shape index (κ1) is 13.7. The average molecular weight is 238 g/mol. The van der Waals surface area contributed by atoms with Gasteiger partial charge in [0.15, 0.2) is 0 Å². The van der Waals surface area contributed by atoms with Gasteiger partial charge in [-0.25, -0.2) is 0 Å². The molecule has 0 heterocycles. The largest absolute Gasteiger partial charge is 0.426 e. The number of methoxy groups -OCH3 is 1. The number of carbonyl (C=O) groups is 1. The fourth-order valence-electron chi connectivity index (χ4n) is 1.46. The molecule has 0 amide bonds. The molecule has 0 saturated carbocycles. The summed E-state index contributed by atoms with van der Waals surface area (Å²) in [6.07, 6.45) is -0.138. The van der Waals surface area contributed by atoms with Gasteiger partial charge >= 0.3 is 5.97 Å². The normalized spacial score (nSPS) is 12.2. The molecule has 4 heteroatoms. The molecular weight excluding hydrogens is 220 g/mol. The Bertz CT molecular complexity index is 362. The number of benzene rings is 1. The average Bonchev–Trinajstić information content (AvgIpc) is 2.29. The van der Waals surface area contributed by atoms with Gasteiger partial charge in [0.05, 0.1) is 19.3 Å². The maximum atomic E-state index is 11.0. The molecule has 0 aromatic heterocycles. The molecule has 0 aliphatic carbocycles. The van der Waals surface area contributed by atoms with Crippen molar-refractivity contribution in [3.8, 4) is 5.75 Å². The third-order valence-corrected chi connectivity index (χ3v) is 2.27. The highest BCUT2D eigenvalue weighted by atomic mass is 16.5. The van der Waals surface area contributed by atoms with E-state index in [4.69, 9.17) is 14.2 Å². The minimum absolute atomic E-state index is 0.138. The number of hydrogen-bond donors (Lipinski definition) is 0. The summed E-state index contributed by atoms with van der Waals surface area (Å²) in [5, 5.41) is 0. The Morgan fingerprint density at radius 1 is 1.29 bits per heavy atom. The van der Waals surface area contributed by atoms with Crippen LogP contribution in [0.1, 0.15) is 25.5 Å². The molecule has 0 aliphatic heterocycles. The van der Waals surface area contributed by atoms with Crippen LogP contribution in [-0.4, -0.2) is 26.3 Å². The summed E-state index contributed by atoms with van der Waals surface area (Å²) in [4.78, 5) is 11.0. The number of carbonyl (C=O) groups excluding carboxylic acids is 1. The molecule has 1 atom stereocenters. The van der Waals surface area contributed by atoms with Gasteiger partial charge in [-0.1, -0.05) is 18.2 Å². The van der Waals surface area contributed by atoms with E-state index in [0.29, 0.717) is 19.0 Å². The number of hydrogen-bond acceptors (Lipinski definition) is 4. The van der Waals surface area contributed by atoms with Gasteiger partial charge in [0, 0.05) is 19.6 Å². The van der Waals surface area contributed by atoms with E-state index in [2.05, 4.69) is 0 Å². The second-order valence-electron chi connectivity index (χ2n) is 3.64. The van der Waals surface area contributed by atoms with Crippen LogP contribution in [0.3, 0.4) is 0 Å². The molecule has 0 radical (unpaired) electrons. The summed E-state index contributed by atoms with van der Waals surface area (Å²) in [7, 11) is 1.63. The summed E-state index contributed by atoms with van der Waals surface area (Å²) in [5.41, 5.74) is 0.860. The minimum atomic E-state index is -0.332. The topological polar surface area (TPSA) is 44.8 Å². The Labute approximate surface area is 101 Å². The van der Waals surface area contributed by atoms with E-state index in [9.17, 15) is 4.79 Å². The molecule has 1 aromatic carbocycles. The minimum Gasteiger partial charge on any atom is -0.426 e. The van der Waals surface area contributed by atoms with Crippen LogP contribution >= 0.6 is 0 Å². The second-order valence-corrected chi connectivity index (χ2v) is 3.64. The second kappa shape index (κ2) is 7.04. The monoisotopic (exact) mass is 238 g/mol. The van der Waals surface area contributed by atoms with Crippen molar-refractivity contribution in [3.63, 3.8) is 0 Å². The summed E-state index contributed by atoms with van der Waals surface area (Å²) >= 11 is 0. The zero-order chi connectivity index (χ0) is 12.7. The lowest BCUT2D eigenvalue weighted by atomic mass is 10.1. The molecule has 17 heavy (non-hydrogen) atoms. The maximum absolute atomic E-state index is 11.0. The smallest absolute Gasteiger partial charge is 0.308 e. The van der Waals surface area contributed by atoms with Crippen molar-refractivity contribution in [1.82, 2.24) is 0 Å². The van der Waals surface area contributed by atoms with Crippen molar-refractivity contribution in [2.24, 2.45) is 0 Å². The number of esters is 1. The van der Waals surface area contributed by atoms with Gasteiger partial charge in [-0.3, -0.25) is 4.79 Å². The van der Waals surface area contributed by atoms with Crippen molar-refractivity contribution in [3.05, 3.63) is 29.8 Å². The lowest BCUT2D eigenvalue weighted by molar-refractivity contribution is -0.132. The Hall–Kier alpha value is -1.39. The summed E-state index contributed by atoms with van der Waals surface area (Å²) in [6, 6.07) is 7.35. The molecule has 0 spiro atoms. The van der Waals surface area contributed by atoms with Crippen molar-refractivity contribution < 1.29 is 19.0 Å². The highest BCUT2D eigenvalue weighted by Crippen LogP contribution is 2.27. The van der Waals surface area contributed by atoms with Gasteiger partial charge in [-0.15, -0.1) is 0 Å². The van der Waals surface area contributed by atoms with Gasteiger partial charge in [-0.2, -0.15) is 0 Å². The van der Waals surface area contributed by atoms with Crippen LogP contribution < -0.4 is 4.74 Å². The first-order valence-electron chi connectivity index (χ1n) is 5.53. The van der Waals surface area contributed by atoms with Crippen LogP contribution in [0.2, 0.25) is 0 Å². The van der Waals surface area contributed by atoms with E-state index < -0.39 is 0 Å². The molecule has 0 aliphatic rings. The number of para-hydroxylation sites is 1. The Balaban J connectivity index is 2.70. The SMILES string of the molecule is COCCOC(C)c1ccccc1OC(C)=O. The van der Waals surface area contributed by atoms with E-state index in [0.717, 1.165) is 5.56 Å². The molecule has 1 unspecified atom stereocenters. The molecule has 0 N–H and O–H groups in total. The fraction of sp³-hybridized carbons (Fsp3) is 0.462. The van der Waals surface area contributed by atoms with Crippen molar-refractivity contribution >= 4 is 5.97 Å². The molecular formula is C13H18O4. The van der Waals surface area contributed by atoms with Crippen LogP contribution in [-0.2, 0) is 14.3 Å². The Morgan fingerprint density at radius 3 is 2.65 bits per heavy atom. The van der Waals surface area contributed by atoms with E-state index in [1.165, 1.54) is 6.92 Å². The fourth-order valence-corrected chi connectivity index (χ4v) is 1.46. The molecule has 0 saturated heterocycles. The zero-order valence-electron chi connectivity index (χ0n) is 10.4. The Kier molecular flexibility index (Phi) is 5.66. The van der Waals surface area contributed by atoms with Crippen molar-refractivity contribution in [2.45, 2.75) is 20.0 Å². The van der Waals surface area contributed by atoms with E-state index in [-0.39, 0.29) is 12.1 Å². The van der Waals surface area contributed by atoms with Gasteiger partial charge < -0.3 is 14.2 Å². The first-order chi connectivity index (χ1) is 8.15. The van der Waals surface area contributed by atoms with Crippen LogP contribution in [0.5, 0.6) is 5.75 Å². The predicted octanol–water partition coefficient (Wildman–Crippen LogP) is 2.34. The van der Waals surface area contributed by atoms with Crippen LogP contribution in [0.25, 0.3) is 0 Å². The molecule has 1 aromatic rings. The molecule has 1 rings (SSSR count). The van der Waals surface area contributed by atoms with Gasteiger partial charge in [0.25, 0.3) is 0 Å². The van der Waals surface area contributed by atoms with E-state index in [1.807, 2.05) is 25.1 Å². The first-order valence-corrected chi connectivity index (χ1v) is 5.53. The number of ether oxygens (including phenoxy) is 3. The third kappa shape index (κ3) is 4.54. The lowest BCUT2D eigenvalue weighted by Gasteiger charge is -2.16. The van der Waals surface area contributed by atoms with Crippen LogP contribution in [0, 0.1) is 0 Å². The molecule has 0 bridgehead atoms. The Morgan fingerprint density at radius 2 is 2.00 bits per heavy atom. The quantitative estimate of drug-likeness (QED) is 0.433. The standard InChI is InChI=1S/C13H18O4/c1-10(16-9-8-15-3)12-6-4-5-7-13(12)17-11(2)14/h4-7,10H,8-9H2,1-3H3. The third-order valence-electron chi connectivity index (χ3n) is 2.27. The predicted molar refractivity (Wildman–Crippen MR) is 64.0 cm³/mol. The van der Waals surface area contributed by atoms with Gasteiger partial charge in [0.1, 0.15) is 5.75 Å². The highest BCUT2D eigenvalue weighted by Gasteiger charge is 2.12. The summed E-state index contributed by atoms with van der Waals surface area (Å²) < 4.78 is 15.6. The lowest BCUT2D eigenvalue weighted by Crippen LogP contribution is -2.09. The van der Waals surface area contributed by atoms with Crippen molar-refractivity contribution in [1.29, 1.82) is 0 Å². The van der Waals surface area contributed by atoms with Crippen LogP contribution in [0.4, 0.5) is 0 Å². The van der Waals surface area contributed by atoms with Gasteiger partial charge in [-0.05, 0) is 13.0 Å². The molecule has 4 nitrogen and oxygen atoms in total. The highest BCUT2D eigenvalue weighted by molar-refractivity contribution is 5.69. The van der Waals surface area contributed by atoms with Crippen LogP contribution in [0.15, 0.2) is 24.3 Å². The zero-order valence-corrected chi connectivity index (χ0v) is 10.4. The number of rotatable bonds is 6. The molecule has 94 valence electrons. The van der Waals surface area contributed by atoms with Crippen molar-refractivity contribution in [2.75, 3.05) is 20.3 Å². The summed E-state index contributed by atoms with van der Waals surface area (Å²) in [6.45, 7) is 4.34. The molecule has 0 fully saturated rings. The maximum Gasteiger partial charge on any atom is 0.308 e.